The van der Waals surface area contributed by atoms with Crippen molar-refractivity contribution in [1.82, 2.24) is 34.5 Å². The molecule has 0 saturated heterocycles. The van der Waals surface area contributed by atoms with E-state index in [9.17, 15) is 9.59 Å². The molecule has 0 unspecified atom stereocenters. The first kappa shape index (κ1) is 15.3. The Hall–Kier alpha value is -2.13. The van der Waals surface area contributed by atoms with Gasteiger partial charge in [-0.3, -0.25) is 13.9 Å². The molecule has 0 saturated carbocycles. The minimum absolute atomic E-state index is 0.152. The largest absolute Gasteiger partial charge is 0.332 e. The molecule has 2 aromatic rings. The number of hydrogen-bond donors (Lipinski definition) is 1. The molecule has 0 bridgehead atoms. The molecular formula is C12H19N7O2. The Balaban J connectivity index is 2.30. The highest BCUT2D eigenvalue weighted by molar-refractivity contribution is 5.67. The number of rotatable bonds is 5. The summed E-state index contributed by atoms with van der Waals surface area (Å²) in [6.07, 6.45) is 0. The zero-order valence-electron chi connectivity index (χ0n) is 12.6. The van der Waals surface area contributed by atoms with E-state index in [-0.39, 0.29) is 11.2 Å². The van der Waals surface area contributed by atoms with E-state index in [2.05, 4.69) is 25.4 Å². The first-order chi connectivity index (χ1) is 9.91. The van der Waals surface area contributed by atoms with Gasteiger partial charge < -0.3 is 10.2 Å². The van der Waals surface area contributed by atoms with Crippen molar-refractivity contribution in [2.45, 2.75) is 6.54 Å². The van der Waals surface area contributed by atoms with Gasteiger partial charge in [0.15, 0.2) is 17.0 Å². The molecule has 2 heterocycles. The number of fused-ring (bicyclic) bond motifs is 1. The van der Waals surface area contributed by atoms with E-state index in [1.165, 1.54) is 18.7 Å². The Morgan fingerprint density at radius 3 is 2.52 bits per heavy atom. The lowest BCUT2D eigenvalue weighted by Gasteiger charge is -2.10. The Labute approximate surface area is 121 Å². The smallest absolute Gasteiger partial charge is 0.308 e. The van der Waals surface area contributed by atoms with Crippen molar-refractivity contribution in [3.63, 3.8) is 0 Å². The van der Waals surface area contributed by atoms with Crippen LogP contribution in [-0.4, -0.2) is 56.4 Å². The summed E-state index contributed by atoms with van der Waals surface area (Å²) >= 11 is 0. The van der Waals surface area contributed by atoms with Gasteiger partial charge in [-0.15, -0.1) is 10.2 Å². The van der Waals surface area contributed by atoms with Gasteiger partial charge in [0.2, 0.25) is 0 Å². The molecule has 2 aromatic heterocycles. The Morgan fingerprint density at radius 1 is 1.14 bits per heavy atom. The maximum atomic E-state index is 12.1. The molecule has 0 spiro atoms. The first-order valence-electron chi connectivity index (χ1n) is 6.56. The van der Waals surface area contributed by atoms with Crippen molar-refractivity contribution >= 4 is 11.2 Å². The standard InChI is InChI=1S/C12H19N7O2/c1-17(2)6-5-13-7-8-14-9-10(16-15-8)18(3)12(21)19(4)11(9)20/h13H,5-7H2,1-4H3. The molecule has 21 heavy (non-hydrogen) atoms. The summed E-state index contributed by atoms with van der Waals surface area (Å²) in [5.41, 5.74) is -0.558. The fourth-order valence-corrected chi connectivity index (χ4v) is 1.86. The van der Waals surface area contributed by atoms with Crippen LogP contribution < -0.4 is 16.6 Å². The summed E-state index contributed by atoms with van der Waals surface area (Å²) in [7, 11) is 6.93. The molecule has 2 rings (SSSR count). The lowest BCUT2D eigenvalue weighted by molar-refractivity contribution is 0.398. The SMILES string of the molecule is CN(C)CCNCc1nnc2c(n1)c(=O)n(C)c(=O)n2C. The van der Waals surface area contributed by atoms with Crippen LogP contribution in [0.25, 0.3) is 11.2 Å². The monoisotopic (exact) mass is 293 g/mol. The predicted octanol–water partition coefficient (Wildman–Crippen LogP) is -1.93. The molecule has 114 valence electrons. The molecule has 9 heteroatoms. The van der Waals surface area contributed by atoms with Crippen molar-refractivity contribution in [3.8, 4) is 0 Å². The van der Waals surface area contributed by atoms with Crippen molar-refractivity contribution in [2.24, 2.45) is 14.1 Å². The molecule has 9 nitrogen and oxygen atoms in total. The summed E-state index contributed by atoms with van der Waals surface area (Å²) in [6, 6.07) is 0. The number of nitrogens with one attached hydrogen (secondary N) is 1. The van der Waals surface area contributed by atoms with Gasteiger partial charge in [0.1, 0.15) is 0 Å². The van der Waals surface area contributed by atoms with Crippen molar-refractivity contribution in [3.05, 3.63) is 26.7 Å². The summed E-state index contributed by atoms with van der Waals surface area (Å²) < 4.78 is 2.28. The fraction of sp³-hybridized carbons (Fsp3) is 0.583. The number of hydrogen-bond acceptors (Lipinski definition) is 7. The maximum absolute atomic E-state index is 12.1. The summed E-state index contributed by atoms with van der Waals surface area (Å²) in [4.78, 5) is 30.1. The summed E-state index contributed by atoms with van der Waals surface area (Å²) in [5, 5.41) is 11.1. The normalized spacial score (nSPS) is 11.5. The molecule has 0 aliphatic carbocycles. The first-order valence-corrected chi connectivity index (χ1v) is 6.56. The van der Waals surface area contributed by atoms with Gasteiger partial charge in [-0.05, 0) is 14.1 Å². The van der Waals surface area contributed by atoms with Crippen molar-refractivity contribution < 1.29 is 0 Å². The zero-order valence-corrected chi connectivity index (χ0v) is 12.6. The van der Waals surface area contributed by atoms with E-state index in [4.69, 9.17) is 0 Å². The summed E-state index contributed by atoms with van der Waals surface area (Å²) in [5.74, 6) is 0.428. The predicted molar refractivity (Wildman–Crippen MR) is 78.1 cm³/mol. The van der Waals surface area contributed by atoms with Gasteiger partial charge in [0.25, 0.3) is 5.56 Å². The molecule has 0 radical (unpaired) electrons. The van der Waals surface area contributed by atoms with Crippen LogP contribution in [0.2, 0.25) is 0 Å². The van der Waals surface area contributed by atoms with Gasteiger partial charge >= 0.3 is 5.69 Å². The molecule has 0 aliphatic rings. The second-order valence-corrected chi connectivity index (χ2v) is 5.09. The van der Waals surface area contributed by atoms with Crippen molar-refractivity contribution in [2.75, 3.05) is 27.2 Å². The van der Waals surface area contributed by atoms with E-state index < -0.39 is 11.2 Å². The second kappa shape index (κ2) is 6.10. The lowest BCUT2D eigenvalue weighted by atomic mass is 10.4. The zero-order chi connectivity index (χ0) is 15.6. The third kappa shape index (κ3) is 3.14. The topological polar surface area (TPSA) is 97.9 Å². The summed E-state index contributed by atoms with van der Waals surface area (Å²) in [6.45, 7) is 2.08. The van der Waals surface area contributed by atoms with Crippen LogP contribution in [0, 0.1) is 0 Å². The van der Waals surface area contributed by atoms with E-state index in [1.54, 1.807) is 0 Å². The Kier molecular flexibility index (Phi) is 4.43. The van der Waals surface area contributed by atoms with Gasteiger partial charge in [-0.2, -0.15) is 0 Å². The molecule has 1 N–H and O–H groups in total. The van der Waals surface area contributed by atoms with E-state index in [1.807, 2.05) is 14.1 Å². The second-order valence-electron chi connectivity index (χ2n) is 5.09. The third-order valence-corrected chi connectivity index (χ3v) is 3.13. The van der Waals surface area contributed by atoms with Crippen LogP contribution in [0.4, 0.5) is 0 Å². The van der Waals surface area contributed by atoms with E-state index in [0.29, 0.717) is 12.4 Å². The van der Waals surface area contributed by atoms with E-state index in [0.717, 1.165) is 17.7 Å². The average Bonchev–Trinajstić information content (AvgIpc) is 2.47. The van der Waals surface area contributed by atoms with Crippen LogP contribution in [0.5, 0.6) is 0 Å². The van der Waals surface area contributed by atoms with Gasteiger partial charge in [-0.25, -0.2) is 9.78 Å². The molecule has 0 atom stereocenters. The van der Waals surface area contributed by atoms with Gasteiger partial charge in [0, 0.05) is 27.2 Å². The van der Waals surface area contributed by atoms with Gasteiger partial charge in [0.05, 0.1) is 6.54 Å². The molecule has 0 fully saturated rings. The van der Waals surface area contributed by atoms with E-state index >= 15 is 0 Å². The minimum Gasteiger partial charge on any atom is -0.308 e. The number of nitrogens with zero attached hydrogens (tertiary/aromatic N) is 6. The molecule has 0 amide bonds. The quantitative estimate of drug-likeness (QED) is 0.641. The molecule has 0 aromatic carbocycles. The van der Waals surface area contributed by atoms with Gasteiger partial charge in [-0.1, -0.05) is 0 Å². The highest BCUT2D eigenvalue weighted by atomic mass is 16.2. The Bertz CT molecular complexity index is 763. The lowest BCUT2D eigenvalue weighted by Crippen LogP contribution is -2.38. The van der Waals surface area contributed by atoms with Crippen LogP contribution in [0.3, 0.4) is 0 Å². The van der Waals surface area contributed by atoms with Crippen LogP contribution in [0.1, 0.15) is 5.82 Å². The molecular weight excluding hydrogens is 274 g/mol. The number of likely N-dealkylation sites (N-methyl/N-ethyl adjacent to an activating group) is 1. The van der Waals surface area contributed by atoms with Crippen molar-refractivity contribution in [1.29, 1.82) is 0 Å². The minimum atomic E-state index is -0.461. The Morgan fingerprint density at radius 2 is 1.86 bits per heavy atom. The van der Waals surface area contributed by atoms with Crippen LogP contribution in [-0.2, 0) is 20.6 Å². The third-order valence-electron chi connectivity index (χ3n) is 3.13. The highest BCUT2D eigenvalue weighted by Gasteiger charge is 2.12. The fourth-order valence-electron chi connectivity index (χ4n) is 1.86. The molecule has 0 aliphatic heterocycles. The van der Waals surface area contributed by atoms with Crippen LogP contribution >= 0.6 is 0 Å². The maximum Gasteiger partial charge on any atom is 0.332 e. The van der Waals surface area contributed by atoms with Crippen LogP contribution in [0.15, 0.2) is 9.59 Å². The number of aromatic nitrogens is 5. The highest BCUT2D eigenvalue weighted by Crippen LogP contribution is 1.99. The average molecular weight is 293 g/mol. The number of aryl methyl sites for hydroxylation is 1.